The van der Waals surface area contributed by atoms with E-state index in [0.29, 0.717) is 18.1 Å². The van der Waals surface area contributed by atoms with Gasteiger partial charge in [-0.05, 0) is 25.7 Å². The van der Waals surface area contributed by atoms with Crippen LogP contribution in [-0.2, 0) is 9.47 Å². The van der Waals surface area contributed by atoms with Gasteiger partial charge < -0.3 is 9.47 Å². The predicted molar refractivity (Wildman–Crippen MR) is 49.2 cm³/mol. The van der Waals surface area contributed by atoms with Crippen LogP contribution < -0.4 is 0 Å². The first-order valence-corrected chi connectivity index (χ1v) is 4.89. The van der Waals surface area contributed by atoms with E-state index in [4.69, 9.17) is 9.47 Å². The van der Waals surface area contributed by atoms with Crippen LogP contribution in [0.1, 0.15) is 32.6 Å². The summed E-state index contributed by atoms with van der Waals surface area (Å²) in [5.41, 5.74) is 0. The highest BCUT2D eigenvalue weighted by atomic mass is 16.5. The third-order valence-electron chi connectivity index (χ3n) is 3.01. The van der Waals surface area contributed by atoms with Gasteiger partial charge in [0.2, 0.25) is 0 Å². The molecular formula is C10H20O2. The molecule has 0 aliphatic heterocycles. The smallest absolute Gasteiger partial charge is 0.0624 e. The van der Waals surface area contributed by atoms with Gasteiger partial charge in [0.25, 0.3) is 0 Å². The zero-order chi connectivity index (χ0) is 8.97. The van der Waals surface area contributed by atoms with Gasteiger partial charge in [-0.1, -0.05) is 6.92 Å². The number of rotatable bonds is 3. The molecule has 72 valence electrons. The highest BCUT2D eigenvalue weighted by molar-refractivity contribution is 4.82. The Morgan fingerprint density at radius 2 is 1.58 bits per heavy atom. The van der Waals surface area contributed by atoms with Gasteiger partial charge in [0.05, 0.1) is 12.2 Å². The van der Waals surface area contributed by atoms with Crippen LogP contribution in [0, 0.1) is 5.92 Å². The maximum Gasteiger partial charge on any atom is 0.0624 e. The van der Waals surface area contributed by atoms with Gasteiger partial charge in [-0.25, -0.2) is 0 Å². The van der Waals surface area contributed by atoms with Gasteiger partial charge in [-0.2, -0.15) is 0 Å². The van der Waals surface area contributed by atoms with Crippen molar-refractivity contribution in [3.8, 4) is 0 Å². The van der Waals surface area contributed by atoms with Crippen LogP contribution in [0.4, 0.5) is 0 Å². The average Bonchev–Trinajstić information content (AvgIpc) is 2.16. The van der Waals surface area contributed by atoms with Crippen molar-refractivity contribution in [3.05, 3.63) is 0 Å². The Morgan fingerprint density at radius 3 is 1.92 bits per heavy atom. The van der Waals surface area contributed by atoms with E-state index in [9.17, 15) is 0 Å². The Hall–Kier alpha value is -0.0800. The topological polar surface area (TPSA) is 18.5 Å². The molecule has 0 radical (unpaired) electrons. The molecule has 0 bridgehead atoms. The van der Waals surface area contributed by atoms with Gasteiger partial charge in [0.15, 0.2) is 0 Å². The van der Waals surface area contributed by atoms with Crippen LogP contribution in [0.2, 0.25) is 0 Å². The highest BCUT2D eigenvalue weighted by Crippen LogP contribution is 2.30. The van der Waals surface area contributed by atoms with Crippen molar-refractivity contribution < 1.29 is 9.47 Å². The number of hydrogen-bond donors (Lipinski definition) is 0. The summed E-state index contributed by atoms with van der Waals surface area (Å²) in [4.78, 5) is 0. The maximum atomic E-state index is 5.45. The third kappa shape index (κ3) is 1.99. The fourth-order valence-electron chi connectivity index (χ4n) is 2.30. The Morgan fingerprint density at radius 1 is 1.08 bits per heavy atom. The molecule has 2 nitrogen and oxygen atoms in total. The molecule has 0 heterocycles. The molecule has 0 aromatic carbocycles. The van der Waals surface area contributed by atoms with Crippen molar-refractivity contribution in [2.24, 2.45) is 5.92 Å². The van der Waals surface area contributed by atoms with Crippen molar-refractivity contribution in [1.29, 1.82) is 0 Å². The lowest BCUT2D eigenvalue weighted by atomic mass is 9.82. The second-order valence-corrected chi connectivity index (χ2v) is 3.55. The Labute approximate surface area is 75.2 Å². The lowest BCUT2D eigenvalue weighted by Gasteiger charge is -2.35. The standard InChI is InChI=1S/C10H20O2/c1-4-8-9(11-2)6-5-7-10(8)12-3/h8-10H,4-7H2,1-3H3/t8-,9+,10-. The maximum absolute atomic E-state index is 5.45. The summed E-state index contributed by atoms with van der Waals surface area (Å²) < 4.78 is 10.9. The zero-order valence-electron chi connectivity index (χ0n) is 8.38. The molecule has 0 aromatic rings. The summed E-state index contributed by atoms with van der Waals surface area (Å²) in [6.07, 6.45) is 5.66. The van der Waals surface area contributed by atoms with Crippen molar-refractivity contribution >= 4 is 0 Å². The highest BCUT2D eigenvalue weighted by Gasteiger charge is 2.31. The molecule has 0 spiro atoms. The van der Waals surface area contributed by atoms with E-state index in [0.717, 1.165) is 6.42 Å². The fraction of sp³-hybridized carbons (Fsp3) is 1.00. The van der Waals surface area contributed by atoms with Crippen LogP contribution in [0.25, 0.3) is 0 Å². The summed E-state index contributed by atoms with van der Waals surface area (Å²) in [6, 6.07) is 0. The Balaban J connectivity index is 2.52. The Bertz CT molecular complexity index is 113. The van der Waals surface area contributed by atoms with Gasteiger partial charge in [0.1, 0.15) is 0 Å². The molecular weight excluding hydrogens is 152 g/mol. The molecule has 1 saturated carbocycles. The van der Waals surface area contributed by atoms with Gasteiger partial charge in [-0.15, -0.1) is 0 Å². The second-order valence-electron chi connectivity index (χ2n) is 3.55. The van der Waals surface area contributed by atoms with Crippen molar-refractivity contribution in [3.63, 3.8) is 0 Å². The summed E-state index contributed by atoms with van der Waals surface area (Å²) in [7, 11) is 3.62. The molecule has 0 amide bonds. The molecule has 1 aliphatic rings. The number of methoxy groups -OCH3 is 2. The molecule has 1 rings (SSSR count). The third-order valence-corrected chi connectivity index (χ3v) is 3.01. The minimum atomic E-state index is 0.425. The van der Waals surface area contributed by atoms with Crippen LogP contribution in [0.15, 0.2) is 0 Å². The van der Waals surface area contributed by atoms with Crippen LogP contribution in [0.5, 0.6) is 0 Å². The molecule has 1 aliphatic carbocycles. The number of ether oxygens (including phenoxy) is 2. The monoisotopic (exact) mass is 172 g/mol. The first-order chi connectivity index (χ1) is 5.83. The van der Waals surface area contributed by atoms with E-state index < -0.39 is 0 Å². The molecule has 2 heteroatoms. The van der Waals surface area contributed by atoms with E-state index in [-0.39, 0.29) is 0 Å². The number of hydrogen-bond acceptors (Lipinski definition) is 2. The first-order valence-electron chi connectivity index (χ1n) is 4.89. The lowest BCUT2D eigenvalue weighted by Crippen LogP contribution is -2.37. The summed E-state index contributed by atoms with van der Waals surface area (Å²) >= 11 is 0. The molecule has 0 N–H and O–H groups in total. The largest absolute Gasteiger partial charge is 0.381 e. The quantitative estimate of drug-likeness (QED) is 0.650. The van der Waals surface area contributed by atoms with E-state index in [1.54, 1.807) is 0 Å². The van der Waals surface area contributed by atoms with Crippen molar-refractivity contribution in [1.82, 2.24) is 0 Å². The van der Waals surface area contributed by atoms with Crippen molar-refractivity contribution in [2.45, 2.75) is 44.8 Å². The summed E-state index contributed by atoms with van der Waals surface area (Å²) in [5, 5.41) is 0. The summed E-state index contributed by atoms with van der Waals surface area (Å²) in [5.74, 6) is 0.605. The molecule has 0 unspecified atom stereocenters. The Kier molecular flexibility index (Phi) is 4.02. The zero-order valence-corrected chi connectivity index (χ0v) is 8.38. The van der Waals surface area contributed by atoms with Gasteiger partial charge >= 0.3 is 0 Å². The average molecular weight is 172 g/mol. The SMILES string of the molecule is CC[C@@H]1[C@@H](OC)CCC[C@H]1OC. The van der Waals surface area contributed by atoms with E-state index in [1.165, 1.54) is 19.3 Å². The minimum Gasteiger partial charge on any atom is -0.381 e. The molecule has 12 heavy (non-hydrogen) atoms. The molecule has 1 fully saturated rings. The van der Waals surface area contributed by atoms with E-state index in [2.05, 4.69) is 6.92 Å². The van der Waals surface area contributed by atoms with Crippen LogP contribution in [-0.4, -0.2) is 26.4 Å². The lowest BCUT2D eigenvalue weighted by molar-refractivity contribution is -0.0642. The molecule has 0 aromatic heterocycles. The van der Waals surface area contributed by atoms with Crippen LogP contribution >= 0.6 is 0 Å². The minimum absolute atomic E-state index is 0.425. The van der Waals surface area contributed by atoms with Crippen molar-refractivity contribution in [2.75, 3.05) is 14.2 Å². The first kappa shape index (κ1) is 10.0. The molecule has 3 atom stereocenters. The normalized spacial score (nSPS) is 36.8. The predicted octanol–water partition coefficient (Wildman–Crippen LogP) is 2.23. The second kappa shape index (κ2) is 4.83. The van der Waals surface area contributed by atoms with E-state index in [1.807, 2.05) is 14.2 Å². The fourth-order valence-corrected chi connectivity index (χ4v) is 2.30. The van der Waals surface area contributed by atoms with Crippen LogP contribution in [0.3, 0.4) is 0 Å². The van der Waals surface area contributed by atoms with E-state index >= 15 is 0 Å². The molecule has 0 saturated heterocycles. The van der Waals surface area contributed by atoms with Gasteiger partial charge in [-0.3, -0.25) is 0 Å². The summed E-state index contributed by atoms with van der Waals surface area (Å²) in [6.45, 7) is 2.22. The van der Waals surface area contributed by atoms with Gasteiger partial charge in [0, 0.05) is 20.1 Å².